The van der Waals surface area contributed by atoms with E-state index in [1.165, 1.54) is 0 Å². The van der Waals surface area contributed by atoms with Crippen LogP contribution < -0.4 is 10.6 Å². The quantitative estimate of drug-likeness (QED) is 0.758. The molecule has 21 heavy (non-hydrogen) atoms. The van der Waals surface area contributed by atoms with Gasteiger partial charge < -0.3 is 10.6 Å². The molecule has 0 saturated heterocycles. The molecule has 0 unspecified atom stereocenters. The highest BCUT2D eigenvalue weighted by Crippen LogP contribution is 2.39. The number of anilines is 2. The molecular formula is C13H18F4N4. The Morgan fingerprint density at radius 3 is 2.24 bits per heavy atom. The van der Waals surface area contributed by atoms with Crippen LogP contribution in [0.4, 0.5) is 29.2 Å². The van der Waals surface area contributed by atoms with Crippen molar-refractivity contribution in [2.75, 3.05) is 23.7 Å². The molecule has 118 valence electrons. The standard InChI is InChI=1S/C13H18F4N4/c1-3-18-9-7(2)10(19-6-13(16,17)12(14)15)21-11(20-9)8-4-5-8/h8,12H,3-6H2,1-2H3,(H2,18,19,20,21). The largest absolute Gasteiger partial charge is 0.370 e. The molecule has 0 atom stereocenters. The van der Waals surface area contributed by atoms with Crippen LogP contribution in [0, 0.1) is 6.92 Å². The molecule has 1 aliphatic carbocycles. The van der Waals surface area contributed by atoms with Crippen LogP contribution >= 0.6 is 0 Å². The van der Waals surface area contributed by atoms with Gasteiger partial charge in [-0.3, -0.25) is 0 Å². The van der Waals surface area contributed by atoms with Gasteiger partial charge in [0.2, 0.25) is 0 Å². The number of hydrogen-bond donors (Lipinski definition) is 2. The normalized spacial score (nSPS) is 15.4. The van der Waals surface area contributed by atoms with E-state index < -0.39 is 18.9 Å². The van der Waals surface area contributed by atoms with E-state index >= 15 is 0 Å². The highest BCUT2D eigenvalue weighted by molar-refractivity contribution is 5.57. The Morgan fingerprint density at radius 1 is 1.19 bits per heavy atom. The van der Waals surface area contributed by atoms with Crippen molar-refractivity contribution in [2.45, 2.75) is 45.0 Å². The van der Waals surface area contributed by atoms with Crippen LogP contribution in [0.15, 0.2) is 0 Å². The molecule has 0 spiro atoms. The minimum Gasteiger partial charge on any atom is -0.370 e. The fraction of sp³-hybridized carbons (Fsp3) is 0.692. The van der Waals surface area contributed by atoms with E-state index in [1.807, 2.05) is 6.92 Å². The first-order chi connectivity index (χ1) is 9.85. The van der Waals surface area contributed by atoms with Crippen LogP contribution in [0.5, 0.6) is 0 Å². The maximum absolute atomic E-state index is 13.0. The minimum absolute atomic E-state index is 0.183. The first-order valence-corrected chi connectivity index (χ1v) is 6.87. The fourth-order valence-corrected chi connectivity index (χ4v) is 1.85. The van der Waals surface area contributed by atoms with Gasteiger partial charge in [0.25, 0.3) is 0 Å². The summed E-state index contributed by atoms with van der Waals surface area (Å²) in [5, 5.41) is 5.37. The number of hydrogen-bond acceptors (Lipinski definition) is 4. The molecule has 0 aliphatic heterocycles. The van der Waals surface area contributed by atoms with E-state index in [9.17, 15) is 17.6 Å². The predicted octanol–water partition coefficient (Wildman–Crippen LogP) is 3.41. The Balaban J connectivity index is 2.21. The van der Waals surface area contributed by atoms with Gasteiger partial charge in [-0.15, -0.1) is 0 Å². The topological polar surface area (TPSA) is 49.8 Å². The van der Waals surface area contributed by atoms with E-state index in [1.54, 1.807) is 6.92 Å². The number of rotatable bonds is 7. The van der Waals surface area contributed by atoms with E-state index in [0.717, 1.165) is 12.8 Å². The lowest BCUT2D eigenvalue weighted by molar-refractivity contribution is -0.117. The Bertz CT molecular complexity index is 503. The fourth-order valence-electron chi connectivity index (χ4n) is 1.85. The summed E-state index contributed by atoms with van der Waals surface area (Å²) >= 11 is 0. The summed E-state index contributed by atoms with van der Waals surface area (Å²) in [4.78, 5) is 8.57. The van der Waals surface area contributed by atoms with Crippen LogP contribution in [0.3, 0.4) is 0 Å². The number of aromatic nitrogens is 2. The summed E-state index contributed by atoms with van der Waals surface area (Å²) in [6.07, 6.45) is -1.79. The maximum atomic E-state index is 13.0. The van der Waals surface area contributed by atoms with Crippen molar-refractivity contribution in [1.29, 1.82) is 0 Å². The molecule has 1 saturated carbocycles. The zero-order chi connectivity index (χ0) is 15.6. The maximum Gasteiger partial charge on any atom is 0.324 e. The molecule has 0 bridgehead atoms. The third-order valence-electron chi connectivity index (χ3n) is 3.26. The molecule has 4 nitrogen and oxygen atoms in total. The third-order valence-corrected chi connectivity index (χ3v) is 3.26. The molecular weight excluding hydrogens is 288 g/mol. The minimum atomic E-state index is -4.09. The molecule has 1 fully saturated rings. The SMILES string of the molecule is CCNc1nc(C2CC2)nc(NCC(F)(F)C(F)F)c1C. The molecule has 8 heteroatoms. The Hall–Kier alpha value is -1.60. The van der Waals surface area contributed by atoms with Gasteiger partial charge in [0.15, 0.2) is 0 Å². The zero-order valence-electron chi connectivity index (χ0n) is 11.9. The molecule has 2 rings (SSSR count). The van der Waals surface area contributed by atoms with Gasteiger partial charge in [0, 0.05) is 18.0 Å². The van der Waals surface area contributed by atoms with E-state index in [4.69, 9.17) is 0 Å². The van der Waals surface area contributed by atoms with Crippen molar-refractivity contribution < 1.29 is 17.6 Å². The van der Waals surface area contributed by atoms with Crippen LogP contribution in [0.25, 0.3) is 0 Å². The lowest BCUT2D eigenvalue weighted by Gasteiger charge is -2.18. The Kier molecular flexibility index (Phi) is 4.53. The van der Waals surface area contributed by atoms with Crippen LogP contribution in [-0.4, -0.2) is 35.4 Å². The monoisotopic (exact) mass is 306 g/mol. The van der Waals surface area contributed by atoms with Crippen LogP contribution in [0.2, 0.25) is 0 Å². The van der Waals surface area contributed by atoms with Crippen molar-refractivity contribution in [3.8, 4) is 0 Å². The van der Waals surface area contributed by atoms with E-state index in [0.29, 0.717) is 23.8 Å². The average Bonchev–Trinajstić information content (AvgIpc) is 3.24. The van der Waals surface area contributed by atoms with Crippen molar-refractivity contribution >= 4 is 11.6 Å². The highest BCUT2D eigenvalue weighted by Gasteiger charge is 2.40. The molecule has 1 aromatic rings. The summed E-state index contributed by atoms with van der Waals surface area (Å²) < 4.78 is 50.4. The van der Waals surface area contributed by atoms with Gasteiger partial charge >= 0.3 is 12.3 Å². The van der Waals surface area contributed by atoms with Gasteiger partial charge in [0.1, 0.15) is 17.5 Å². The molecule has 2 N–H and O–H groups in total. The predicted molar refractivity (Wildman–Crippen MR) is 72.3 cm³/mol. The van der Waals surface area contributed by atoms with Gasteiger partial charge in [-0.2, -0.15) is 8.78 Å². The Labute approximate surface area is 120 Å². The lowest BCUT2D eigenvalue weighted by Crippen LogP contribution is -2.35. The summed E-state index contributed by atoms with van der Waals surface area (Å²) in [7, 11) is 0. The second-order valence-electron chi connectivity index (χ2n) is 5.12. The summed E-state index contributed by atoms with van der Waals surface area (Å²) in [6.45, 7) is 3.01. The van der Waals surface area contributed by atoms with Crippen molar-refractivity contribution in [3.63, 3.8) is 0 Å². The molecule has 0 aromatic carbocycles. The smallest absolute Gasteiger partial charge is 0.324 e. The van der Waals surface area contributed by atoms with Crippen LogP contribution in [0.1, 0.15) is 37.1 Å². The molecule has 1 heterocycles. The summed E-state index contributed by atoms with van der Waals surface area (Å²) in [6, 6.07) is 0. The summed E-state index contributed by atoms with van der Waals surface area (Å²) in [5.74, 6) is -2.55. The van der Waals surface area contributed by atoms with E-state index in [-0.39, 0.29) is 11.7 Å². The third kappa shape index (κ3) is 3.74. The van der Waals surface area contributed by atoms with Crippen molar-refractivity contribution in [3.05, 3.63) is 11.4 Å². The number of alkyl halides is 4. The number of nitrogens with one attached hydrogen (secondary N) is 2. The second-order valence-corrected chi connectivity index (χ2v) is 5.12. The number of halogens is 4. The second kappa shape index (κ2) is 6.03. The molecule has 1 aliphatic rings. The Morgan fingerprint density at radius 2 is 1.76 bits per heavy atom. The van der Waals surface area contributed by atoms with Gasteiger partial charge in [-0.1, -0.05) is 0 Å². The van der Waals surface area contributed by atoms with Crippen molar-refractivity contribution in [2.24, 2.45) is 0 Å². The van der Waals surface area contributed by atoms with E-state index in [2.05, 4.69) is 20.6 Å². The van der Waals surface area contributed by atoms with Gasteiger partial charge in [-0.25, -0.2) is 18.7 Å². The summed E-state index contributed by atoms with van der Waals surface area (Å²) in [5.41, 5.74) is 0.548. The zero-order valence-corrected chi connectivity index (χ0v) is 11.9. The average molecular weight is 306 g/mol. The first kappa shape index (κ1) is 15.8. The molecule has 0 radical (unpaired) electrons. The molecule has 0 amide bonds. The number of nitrogens with zero attached hydrogens (tertiary/aromatic N) is 2. The first-order valence-electron chi connectivity index (χ1n) is 6.87. The lowest BCUT2D eigenvalue weighted by atomic mass is 10.2. The highest BCUT2D eigenvalue weighted by atomic mass is 19.3. The van der Waals surface area contributed by atoms with Gasteiger partial charge in [-0.05, 0) is 26.7 Å². The molecule has 1 aromatic heterocycles. The van der Waals surface area contributed by atoms with Crippen LogP contribution in [-0.2, 0) is 0 Å². The van der Waals surface area contributed by atoms with Gasteiger partial charge in [0.05, 0.1) is 6.54 Å². The van der Waals surface area contributed by atoms with Crippen molar-refractivity contribution in [1.82, 2.24) is 9.97 Å².